The van der Waals surface area contributed by atoms with Crippen molar-refractivity contribution in [3.05, 3.63) is 75.0 Å². The number of fused-ring (bicyclic) bond motifs is 1. The number of pyridine rings is 1. The largest absolute Gasteiger partial charge is 0.366 e. The number of carbonyl (C=O) groups excluding carboxylic acids is 2. The highest BCUT2D eigenvalue weighted by Crippen LogP contribution is 2.17. The van der Waals surface area contributed by atoms with Gasteiger partial charge in [0.1, 0.15) is 6.54 Å². The molecule has 3 aromatic rings. The molecule has 6 nitrogen and oxygen atoms in total. The lowest BCUT2D eigenvalue weighted by molar-refractivity contribution is -0.116. The van der Waals surface area contributed by atoms with E-state index >= 15 is 0 Å². The molecule has 0 aliphatic heterocycles. The third kappa shape index (κ3) is 3.77. The predicted octanol–water partition coefficient (Wildman–Crippen LogP) is 2.50. The van der Waals surface area contributed by atoms with Crippen LogP contribution in [0.3, 0.4) is 0 Å². The van der Waals surface area contributed by atoms with Crippen LogP contribution in [0.25, 0.3) is 10.9 Å². The normalized spacial score (nSPS) is 10.6. The molecule has 0 saturated carbocycles. The zero-order chi connectivity index (χ0) is 18.0. The van der Waals surface area contributed by atoms with E-state index in [0.717, 1.165) is 4.47 Å². The van der Waals surface area contributed by atoms with Gasteiger partial charge in [-0.2, -0.15) is 0 Å². The van der Waals surface area contributed by atoms with Gasteiger partial charge in [-0.1, -0.05) is 15.9 Å². The average molecular weight is 400 g/mol. The quantitative estimate of drug-likeness (QED) is 0.705. The second-order valence-electron chi connectivity index (χ2n) is 5.46. The van der Waals surface area contributed by atoms with Gasteiger partial charge in [-0.05, 0) is 42.5 Å². The Kier molecular flexibility index (Phi) is 4.67. The second kappa shape index (κ2) is 6.90. The summed E-state index contributed by atoms with van der Waals surface area (Å²) in [5.41, 5.74) is 6.69. The monoisotopic (exact) mass is 399 g/mol. The highest BCUT2D eigenvalue weighted by Gasteiger charge is 2.08. The number of hydrogen-bond acceptors (Lipinski definition) is 3. The minimum absolute atomic E-state index is 0.0516. The van der Waals surface area contributed by atoms with E-state index in [1.54, 1.807) is 47.2 Å². The first kappa shape index (κ1) is 16.9. The first-order valence-electron chi connectivity index (χ1n) is 7.42. The van der Waals surface area contributed by atoms with Gasteiger partial charge in [-0.3, -0.25) is 14.4 Å². The number of carbonyl (C=O) groups is 2. The van der Waals surface area contributed by atoms with Crippen molar-refractivity contribution in [1.82, 2.24) is 4.57 Å². The third-order valence-corrected chi connectivity index (χ3v) is 4.20. The van der Waals surface area contributed by atoms with Crippen LogP contribution in [0.2, 0.25) is 0 Å². The summed E-state index contributed by atoms with van der Waals surface area (Å²) in [6, 6.07) is 13.1. The van der Waals surface area contributed by atoms with Gasteiger partial charge in [0.05, 0.1) is 5.52 Å². The van der Waals surface area contributed by atoms with Crippen LogP contribution >= 0.6 is 15.9 Å². The van der Waals surface area contributed by atoms with Crippen LogP contribution in [0.4, 0.5) is 5.69 Å². The smallest absolute Gasteiger partial charge is 0.248 e. The van der Waals surface area contributed by atoms with Crippen molar-refractivity contribution in [2.24, 2.45) is 5.73 Å². The average Bonchev–Trinajstić information content (AvgIpc) is 2.58. The molecule has 1 heterocycles. The molecule has 25 heavy (non-hydrogen) atoms. The van der Waals surface area contributed by atoms with Crippen molar-refractivity contribution in [3.63, 3.8) is 0 Å². The van der Waals surface area contributed by atoms with E-state index in [1.807, 2.05) is 6.07 Å². The van der Waals surface area contributed by atoms with Gasteiger partial charge in [0.2, 0.25) is 11.8 Å². The molecular weight excluding hydrogens is 386 g/mol. The van der Waals surface area contributed by atoms with E-state index in [0.29, 0.717) is 22.2 Å². The number of nitrogens with one attached hydrogen (secondary N) is 1. The molecule has 2 amide bonds. The molecule has 0 saturated heterocycles. The molecule has 0 spiro atoms. The number of amides is 2. The van der Waals surface area contributed by atoms with Crippen LogP contribution < -0.4 is 16.5 Å². The maximum absolute atomic E-state index is 12.3. The van der Waals surface area contributed by atoms with Gasteiger partial charge in [0.15, 0.2) is 5.43 Å². The Labute approximate surface area is 151 Å². The number of aromatic nitrogens is 1. The Morgan fingerprint density at radius 1 is 1.08 bits per heavy atom. The predicted molar refractivity (Wildman–Crippen MR) is 99.5 cm³/mol. The van der Waals surface area contributed by atoms with Crippen molar-refractivity contribution >= 4 is 44.3 Å². The van der Waals surface area contributed by atoms with E-state index in [4.69, 9.17) is 5.73 Å². The Bertz CT molecular complexity index is 1030. The van der Waals surface area contributed by atoms with Crippen LogP contribution in [0.1, 0.15) is 10.4 Å². The Morgan fingerprint density at radius 3 is 2.48 bits per heavy atom. The molecule has 0 aliphatic carbocycles. The van der Waals surface area contributed by atoms with Crippen LogP contribution in [0, 0.1) is 0 Å². The lowest BCUT2D eigenvalue weighted by Crippen LogP contribution is -2.20. The summed E-state index contributed by atoms with van der Waals surface area (Å²) in [5.74, 6) is -0.775. The summed E-state index contributed by atoms with van der Waals surface area (Å²) in [4.78, 5) is 35.3. The topological polar surface area (TPSA) is 94.2 Å². The summed E-state index contributed by atoms with van der Waals surface area (Å²) in [6.45, 7) is 0.0516. The van der Waals surface area contributed by atoms with Gasteiger partial charge < -0.3 is 15.6 Å². The van der Waals surface area contributed by atoms with Gasteiger partial charge in [-0.25, -0.2) is 0 Å². The molecule has 0 aliphatic rings. The summed E-state index contributed by atoms with van der Waals surface area (Å²) in [6.07, 6.45) is 1.59. The fraction of sp³-hybridized carbons (Fsp3) is 0.0556. The molecule has 1 aromatic heterocycles. The molecule has 0 radical (unpaired) electrons. The Balaban J connectivity index is 1.81. The standard InChI is InChI=1S/C18H14BrN3O3/c19-12-3-6-15-14(9-12)16(23)7-8-22(15)10-17(24)21-13-4-1-11(2-5-13)18(20)25/h1-9H,10H2,(H2,20,25)(H,21,24). The number of benzene rings is 2. The van der Waals surface area contributed by atoms with Gasteiger partial charge in [0.25, 0.3) is 0 Å². The number of hydrogen-bond donors (Lipinski definition) is 2. The van der Waals surface area contributed by atoms with E-state index in [9.17, 15) is 14.4 Å². The van der Waals surface area contributed by atoms with E-state index in [1.165, 1.54) is 6.07 Å². The maximum atomic E-state index is 12.3. The number of primary amides is 1. The molecular formula is C18H14BrN3O3. The molecule has 3 rings (SSSR count). The number of nitrogens with zero attached hydrogens (tertiary/aromatic N) is 1. The number of rotatable bonds is 4. The lowest BCUT2D eigenvalue weighted by Gasteiger charge is -2.11. The van der Waals surface area contributed by atoms with Crippen molar-refractivity contribution in [1.29, 1.82) is 0 Å². The zero-order valence-electron chi connectivity index (χ0n) is 13.0. The van der Waals surface area contributed by atoms with Crippen molar-refractivity contribution < 1.29 is 9.59 Å². The number of halogens is 1. The van der Waals surface area contributed by atoms with Crippen LogP contribution in [0.5, 0.6) is 0 Å². The first-order chi connectivity index (χ1) is 11.9. The molecule has 126 valence electrons. The molecule has 0 atom stereocenters. The second-order valence-corrected chi connectivity index (χ2v) is 6.37. The van der Waals surface area contributed by atoms with E-state index in [2.05, 4.69) is 21.2 Å². The molecule has 2 aromatic carbocycles. The fourth-order valence-electron chi connectivity index (χ4n) is 2.49. The van der Waals surface area contributed by atoms with Crippen LogP contribution in [-0.4, -0.2) is 16.4 Å². The number of anilines is 1. The van der Waals surface area contributed by atoms with Crippen molar-refractivity contribution in [3.8, 4) is 0 Å². The van der Waals surface area contributed by atoms with Crippen LogP contribution in [-0.2, 0) is 11.3 Å². The molecule has 0 bridgehead atoms. The summed E-state index contributed by atoms with van der Waals surface area (Å²) in [5, 5.41) is 3.29. The molecule has 0 unspecified atom stereocenters. The Morgan fingerprint density at radius 2 is 1.80 bits per heavy atom. The molecule has 3 N–H and O–H groups in total. The minimum Gasteiger partial charge on any atom is -0.366 e. The highest BCUT2D eigenvalue weighted by molar-refractivity contribution is 9.10. The molecule has 0 fully saturated rings. The van der Waals surface area contributed by atoms with E-state index in [-0.39, 0.29) is 17.9 Å². The number of nitrogens with two attached hydrogens (primary N) is 1. The van der Waals surface area contributed by atoms with E-state index < -0.39 is 5.91 Å². The first-order valence-corrected chi connectivity index (χ1v) is 8.22. The lowest BCUT2D eigenvalue weighted by atomic mass is 10.2. The zero-order valence-corrected chi connectivity index (χ0v) is 14.6. The van der Waals surface area contributed by atoms with Gasteiger partial charge >= 0.3 is 0 Å². The third-order valence-electron chi connectivity index (χ3n) is 3.71. The summed E-state index contributed by atoms with van der Waals surface area (Å²) < 4.78 is 2.50. The summed E-state index contributed by atoms with van der Waals surface area (Å²) >= 11 is 3.34. The van der Waals surface area contributed by atoms with Gasteiger partial charge in [-0.15, -0.1) is 0 Å². The van der Waals surface area contributed by atoms with Crippen LogP contribution in [0.15, 0.2) is 64.0 Å². The van der Waals surface area contributed by atoms with Crippen molar-refractivity contribution in [2.45, 2.75) is 6.54 Å². The Hall–Kier alpha value is -2.93. The van der Waals surface area contributed by atoms with Crippen molar-refractivity contribution in [2.75, 3.05) is 5.32 Å². The highest BCUT2D eigenvalue weighted by atomic mass is 79.9. The minimum atomic E-state index is -0.524. The van der Waals surface area contributed by atoms with Gasteiger partial charge in [0, 0.05) is 33.4 Å². The summed E-state index contributed by atoms with van der Waals surface area (Å²) in [7, 11) is 0. The molecule has 7 heteroatoms. The fourth-order valence-corrected chi connectivity index (χ4v) is 2.86. The maximum Gasteiger partial charge on any atom is 0.248 e. The SMILES string of the molecule is NC(=O)c1ccc(NC(=O)Cn2ccc(=O)c3cc(Br)ccc32)cc1.